The van der Waals surface area contributed by atoms with Crippen molar-refractivity contribution in [2.75, 3.05) is 13.2 Å². The van der Waals surface area contributed by atoms with Crippen LogP contribution in [0.15, 0.2) is 11.4 Å². The SMILES string of the molecule is NC(CCOCC(F)(F)F)c1sccc1Cl. The number of hydrogen-bond acceptors (Lipinski definition) is 3. The minimum Gasteiger partial charge on any atom is -0.372 e. The monoisotopic (exact) mass is 273 g/mol. The van der Waals surface area contributed by atoms with E-state index in [1.54, 1.807) is 11.4 Å². The van der Waals surface area contributed by atoms with Gasteiger partial charge in [-0.05, 0) is 17.9 Å². The quantitative estimate of drug-likeness (QED) is 0.835. The van der Waals surface area contributed by atoms with Gasteiger partial charge in [-0.2, -0.15) is 13.2 Å². The topological polar surface area (TPSA) is 35.2 Å². The van der Waals surface area contributed by atoms with Crippen LogP contribution < -0.4 is 5.73 Å². The second-order valence-electron chi connectivity index (χ2n) is 3.20. The molecule has 0 saturated carbocycles. The van der Waals surface area contributed by atoms with E-state index in [4.69, 9.17) is 17.3 Å². The average molecular weight is 274 g/mol. The summed E-state index contributed by atoms with van der Waals surface area (Å²) in [6.45, 7) is -1.27. The molecule has 1 unspecified atom stereocenters. The number of alkyl halides is 3. The zero-order valence-electron chi connectivity index (χ0n) is 8.26. The van der Waals surface area contributed by atoms with Gasteiger partial charge in [0, 0.05) is 17.5 Å². The van der Waals surface area contributed by atoms with Crippen molar-refractivity contribution in [3.8, 4) is 0 Å². The van der Waals surface area contributed by atoms with Crippen molar-refractivity contribution in [3.05, 3.63) is 21.3 Å². The van der Waals surface area contributed by atoms with Gasteiger partial charge in [-0.1, -0.05) is 11.6 Å². The highest BCUT2D eigenvalue weighted by Crippen LogP contribution is 2.29. The van der Waals surface area contributed by atoms with Crippen LogP contribution in [-0.2, 0) is 4.74 Å². The predicted molar refractivity (Wildman–Crippen MR) is 57.7 cm³/mol. The summed E-state index contributed by atoms with van der Waals surface area (Å²) < 4.78 is 39.7. The molecule has 1 atom stereocenters. The summed E-state index contributed by atoms with van der Waals surface area (Å²) in [6.07, 6.45) is -3.97. The first kappa shape index (κ1) is 13.8. The maximum absolute atomic E-state index is 11.7. The highest BCUT2D eigenvalue weighted by Gasteiger charge is 2.27. The Balaban J connectivity index is 2.26. The summed E-state index contributed by atoms with van der Waals surface area (Å²) in [5, 5.41) is 2.34. The third kappa shape index (κ3) is 4.69. The third-order valence-corrected chi connectivity index (χ3v) is 3.31. The van der Waals surface area contributed by atoms with Gasteiger partial charge >= 0.3 is 6.18 Å². The van der Waals surface area contributed by atoms with E-state index in [-0.39, 0.29) is 12.6 Å². The molecular weight excluding hydrogens is 263 g/mol. The van der Waals surface area contributed by atoms with E-state index in [2.05, 4.69) is 4.74 Å². The fourth-order valence-corrected chi connectivity index (χ4v) is 2.33. The summed E-state index contributed by atoms with van der Waals surface area (Å²) in [5.41, 5.74) is 5.75. The van der Waals surface area contributed by atoms with E-state index in [1.165, 1.54) is 11.3 Å². The van der Waals surface area contributed by atoms with Crippen LogP contribution in [0.5, 0.6) is 0 Å². The van der Waals surface area contributed by atoms with Gasteiger partial charge in [0.2, 0.25) is 0 Å². The first-order valence-electron chi connectivity index (χ1n) is 4.53. The zero-order chi connectivity index (χ0) is 12.2. The lowest BCUT2D eigenvalue weighted by Gasteiger charge is -2.11. The lowest BCUT2D eigenvalue weighted by molar-refractivity contribution is -0.174. The van der Waals surface area contributed by atoms with E-state index in [0.717, 1.165) is 4.88 Å². The number of nitrogens with two attached hydrogens (primary N) is 1. The Labute approximate surface area is 100 Å². The van der Waals surface area contributed by atoms with Crippen molar-refractivity contribution in [3.63, 3.8) is 0 Å². The van der Waals surface area contributed by atoms with Crippen molar-refractivity contribution in [2.45, 2.75) is 18.6 Å². The van der Waals surface area contributed by atoms with Crippen LogP contribution in [0.1, 0.15) is 17.3 Å². The van der Waals surface area contributed by atoms with Gasteiger partial charge in [-0.3, -0.25) is 0 Å². The third-order valence-electron chi connectivity index (χ3n) is 1.82. The van der Waals surface area contributed by atoms with E-state index in [1.807, 2.05) is 0 Å². The molecule has 1 rings (SSSR count). The molecule has 0 aromatic carbocycles. The number of hydrogen-bond donors (Lipinski definition) is 1. The Morgan fingerprint density at radius 1 is 1.50 bits per heavy atom. The normalized spacial score (nSPS) is 14.1. The summed E-state index contributed by atoms with van der Waals surface area (Å²) in [5.74, 6) is 0. The first-order chi connectivity index (χ1) is 7.40. The highest BCUT2D eigenvalue weighted by molar-refractivity contribution is 7.10. The molecule has 16 heavy (non-hydrogen) atoms. The van der Waals surface area contributed by atoms with Crippen LogP contribution in [0.2, 0.25) is 5.02 Å². The molecule has 0 aliphatic carbocycles. The molecule has 2 N–H and O–H groups in total. The lowest BCUT2D eigenvalue weighted by Crippen LogP contribution is -2.19. The smallest absolute Gasteiger partial charge is 0.372 e. The van der Waals surface area contributed by atoms with Crippen molar-refractivity contribution in [1.82, 2.24) is 0 Å². The molecule has 0 aliphatic rings. The molecule has 1 aromatic heterocycles. The second-order valence-corrected chi connectivity index (χ2v) is 4.55. The molecule has 1 heterocycles. The molecular formula is C9H11ClF3NOS. The van der Waals surface area contributed by atoms with E-state index in [0.29, 0.717) is 11.4 Å². The van der Waals surface area contributed by atoms with Crippen molar-refractivity contribution < 1.29 is 17.9 Å². The van der Waals surface area contributed by atoms with Crippen LogP contribution in [-0.4, -0.2) is 19.4 Å². The van der Waals surface area contributed by atoms with Gasteiger partial charge < -0.3 is 10.5 Å². The molecule has 92 valence electrons. The molecule has 2 nitrogen and oxygen atoms in total. The van der Waals surface area contributed by atoms with E-state index in [9.17, 15) is 13.2 Å². The molecule has 0 spiro atoms. The van der Waals surface area contributed by atoms with Crippen LogP contribution in [0.3, 0.4) is 0 Å². The molecule has 0 amide bonds. The maximum Gasteiger partial charge on any atom is 0.411 e. The van der Waals surface area contributed by atoms with Crippen molar-refractivity contribution in [1.29, 1.82) is 0 Å². The molecule has 0 saturated heterocycles. The van der Waals surface area contributed by atoms with Gasteiger partial charge in [-0.25, -0.2) is 0 Å². The second kappa shape index (κ2) is 5.86. The Hall–Kier alpha value is -0.300. The summed E-state index contributed by atoms with van der Waals surface area (Å²) in [4.78, 5) is 0.775. The van der Waals surface area contributed by atoms with Crippen LogP contribution in [0, 0.1) is 0 Å². The maximum atomic E-state index is 11.7. The average Bonchev–Trinajstić information content (AvgIpc) is 2.57. The van der Waals surface area contributed by atoms with E-state index < -0.39 is 12.8 Å². The molecule has 7 heteroatoms. The molecule has 0 radical (unpaired) electrons. The molecule has 0 aliphatic heterocycles. The Morgan fingerprint density at radius 2 is 2.19 bits per heavy atom. The zero-order valence-corrected chi connectivity index (χ0v) is 9.83. The lowest BCUT2D eigenvalue weighted by atomic mass is 10.2. The number of halogens is 4. The number of thiophene rings is 1. The van der Waals surface area contributed by atoms with Gasteiger partial charge in [0.05, 0.1) is 5.02 Å². The Bertz CT molecular complexity index is 329. The van der Waals surface area contributed by atoms with Crippen LogP contribution in [0.25, 0.3) is 0 Å². The fourth-order valence-electron chi connectivity index (χ4n) is 1.10. The summed E-state index contributed by atoms with van der Waals surface area (Å²) in [6, 6.07) is 1.33. The largest absolute Gasteiger partial charge is 0.411 e. The fraction of sp³-hybridized carbons (Fsp3) is 0.556. The Morgan fingerprint density at radius 3 is 2.69 bits per heavy atom. The first-order valence-corrected chi connectivity index (χ1v) is 5.79. The molecule has 0 fully saturated rings. The van der Waals surface area contributed by atoms with Gasteiger partial charge in [0.1, 0.15) is 6.61 Å². The van der Waals surface area contributed by atoms with Crippen molar-refractivity contribution >= 4 is 22.9 Å². The summed E-state index contributed by atoms with van der Waals surface area (Å²) >= 11 is 7.22. The number of ether oxygens (including phenoxy) is 1. The molecule has 1 aromatic rings. The number of rotatable bonds is 5. The van der Waals surface area contributed by atoms with Crippen molar-refractivity contribution in [2.24, 2.45) is 5.73 Å². The molecule has 0 bridgehead atoms. The van der Waals surface area contributed by atoms with Crippen LogP contribution >= 0.6 is 22.9 Å². The van der Waals surface area contributed by atoms with Gasteiger partial charge in [0.15, 0.2) is 0 Å². The summed E-state index contributed by atoms with van der Waals surface area (Å²) in [7, 11) is 0. The van der Waals surface area contributed by atoms with Gasteiger partial charge in [0.25, 0.3) is 0 Å². The Kier molecular flexibility index (Phi) is 5.04. The predicted octanol–water partition coefficient (Wildman–Crippen LogP) is 3.37. The standard InChI is InChI=1S/C9H11ClF3NOS/c10-6-2-4-16-8(6)7(14)1-3-15-5-9(11,12)13/h2,4,7H,1,3,5,14H2. The van der Waals surface area contributed by atoms with Crippen LogP contribution in [0.4, 0.5) is 13.2 Å². The van der Waals surface area contributed by atoms with Gasteiger partial charge in [-0.15, -0.1) is 11.3 Å². The van der Waals surface area contributed by atoms with E-state index >= 15 is 0 Å². The minimum absolute atomic E-state index is 0.0328. The minimum atomic E-state index is -4.29. The highest BCUT2D eigenvalue weighted by atomic mass is 35.5.